The number of nitrogens with one attached hydrogen (secondary N) is 1. The molecule has 0 spiro atoms. The van der Waals surface area contributed by atoms with Gasteiger partial charge in [-0.1, -0.05) is 20.3 Å². The average Bonchev–Trinajstić information content (AvgIpc) is 2.05. The van der Waals surface area contributed by atoms with Crippen LogP contribution in [-0.4, -0.2) is 23.8 Å². The maximum atomic E-state index is 9.73. The minimum atomic E-state index is -0.127. The Balaban J connectivity index is 2.29. The van der Waals surface area contributed by atoms with E-state index in [0.29, 0.717) is 6.04 Å². The lowest BCUT2D eigenvalue weighted by Crippen LogP contribution is -2.45. The van der Waals surface area contributed by atoms with Gasteiger partial charge in [-0.2, -0.15) is 0 Å². The van der Waals surface area contributed by atoms with Crippen molar-refractivity contribution in [3.8, 4) is 0 Å². The van der Waals surface area contributed by atoms with E-state index in [1.165, 1.54) is 6.42 Å². The third kappa shape index (κ3) is 2.76. The van der Waals surface area contributed by atoms with Gasteiger partial charge in [0.25, 0.3) is 0 Å². The van der Waals surface area contributed by atoms with E-state index in [1.807, 2.05) is 0 Å². The summed E-state index contributed by atoms with van der Waals surface area (Å²) in [6, 6.07) is 0.355. The number of aliphatic hydroxyl groups excluding tert-OH is 1. The predicted molar refractivity (Wildman–Crippen MR) is 51.1 cm³/mol. The van der Waals surface area contributed by atoms with Crippen LogP contribution in [0.3, 0.4) is 0 Å². The van der Waals surface area contributed by atoms with E-state index in [9.17, 15) is 5.11 Å². The van der Waals surface area contributed by atoms with Gasteiger partial charge in [0.15, 0.2) is 0 Å². The first-order chi connectivity index (χ1) is 5.74. The fourth-order valence-corrected chi connectivity index (χ4v) is 1.94. The fraction of sp³-hybridized carbons (Fsp3) is 1.00. The Morgan fingerprint density at radius 3 is 2.92 bits per heavy atom. The monoisotopic (exact) mass is 171 g/mol. The molecule has 1 aliphatic heterocycles. The molecule has 0 bridgehead atoms. The van der Waals surface area contributed by atoms with Gasteiger partial charge >= 0.3 is 0 Å². The van der Waals surface area contributed by atoms with Gasteiger partial charge in [0.2, 0.25) is 0 Å². The summed E-state index contributed by atoms with van der Waals surface area (Å²) in [4.78, 5) is 0. The van der Waals surface area contributed by atoms with Crippen LogP contribution in [0.2, 0.25) is 0 Å². The minimum Gasteiger partial charge on any atom is -0.392 e. The number of hydrogen-bond acceptors (Lipinski definition) is 2. The molecule has 12 heavy (non-hydrogen) atoms. The number of hydrogen-bond donors (Lipinski definition) is 2. The van der Waals surface area contributed by atoms with Crippen molar-refractivity contribution in [3.05, 3.63) is 0 Å². The first-order valence-electron chi connectivity index (χ1n) is 5.15. The SMILES string of the molecule is CCC[C@H](O)[C@H]1C[C@@H](C)CCN1. The maximum Gasteiger partial charge on any atom is 0.0693 e. The summed E-state index contributed by atoms with van der Waals surface area (Å²) in [6.45, 7) is 5.47. The van der Waals surface area contributed by atoms with Crippen molar-refractivity contribution < 1.29 is 5.11 Å². The third-order valence-corrected chi connectivity index (χ3v) is 2.75. The van der Waals surface area contributed by atoms with E-state index in [2.05, 4.69) is 19.2 Å². The molecule has 2 nitrogen and oxygen atoms in total. The zero-order chi connectivity index (χ0) is 8.97. The molecule has 1 fully saturated rings. The Labute approximate surface area is 75.4 Å². The highest BCUT2D eigenvalue weighted by molar-refractivity contribution is 4.81. The molecule has 0 aromatic rings. The van der Waals surface area contributed by atoms with Crippen LogP contribution in [0.25, 0.3) is 0 Å². The van der Waals surface area contributed by atoms with Gasteiger partial charge in [-0.05, 0) is 31.7 Å². The molecule has 72 valence electrons. The second-order valence-electron chi connectivity index (χ2n) is 4.05. The summed E-state index contributed by atoms with van der Waals surface area (Å²) >= 11 is 0. The standard InChI is InChI=1S/C10H21NO/c1-3-4-10(12)9-7-8(2)5-6-11-9/h8-12H,3-7H2,1-2H3/t8-,9+,10-/m0/s1. The molecule has 0 radical (unpaired) electrons. The molecule has 3 atom stereocenters. The second kappa shape index (κ2) is 4.83. The second-order valence-corrected chi connectivity index (χ2v) is 4.05. The van der Waals surface area contributed by atoms with Crippen molar-refractivity contribution in [2.24, 2.45) is 5.92 Å². The van der Waals surface area contributed by atoms with E-state index in [0.717, 1.165) is 31.7 Å². The summed E-state index contributed by atoms with van der Waals surface area (Å²) < 4.78 is 0. The van der Waals surface area contributed by atoms with Gasteiger partial charge in [-0.15, -0.1) is 0 Å². The van der Waals surface area contributed by atoms with Crippen molar-refractivity contribution in [2.75, 3.05) is 6.54 Å². The van der Waals surface area contributed by atoms with Gasteiger partial charge in [0, 0.05) is 6.04 Å². The van der Waals surface area contributed by atoms with E-state index in [1.54, 1.807) is 0 Å². The number of rotatable bonds is 3. The van der Waals surface area contributed by atoms with Crippen molar-refractivity contribution in [3.63, 3.8) is 0 Å². The number of aliphatic hydroxyl groups is 1. The Morgan fingerprint density at radius 2 is 2.33 bits per heavy atom. The highest BCUT2D eigenvalue weighted by Crippen LogP contribution is 2.18. The molecule has 2 heteroatoms. The molecule has 1 heterocycles. The molecule has 1 saturated heterocycles. The van der Waals surface area contributed by atoms with Gasteiger partial charge in [-0.25, -0.2) is 0 Å². The molecule has 1 rings (SSSR count). The Bertz CT molecular complexity index is 127. The zero-order valence-electron chi connectivity index (χ0n) is 8.21. The number of piperidine rings is 1. The van der Waals surface area contributed by atoms with Crippen LogP contribution in [-0.2, 0) is 0 Å². The lowest BCUT2D eigenvalue weighted by atomic mass is 9.90. The van der Waals surface area contributed by atoms with E-state index in [-0.39, 0.29) is 6.10 Å². The van der Waals surface area contributed by atoms with Gasteiger partial charge in [0.1, 0.15) is 0 Å². The van der Waals surface area contributed by atoms with Crippen LogP contribution < -0.4 is 5.32 Å². The van der Waals surface area contributed by atoms with Crippen LogP contribution >= 0.6 is 0 Å². The van der Waals surface area contributed by atoms with Gasteiger partial charge < -0.3 is 10.4 Å². The molecule has 0 aliphatic carbocycles. The largest absolute Gasteiger partial charge is 0.392 e. The maximum absolute atomic E-state index is 9.73. The Kier molecular flexibility index (Phi) is 4.02. The summed E-state index contributed by atoms with van der Waals surface area (Å²) in [5, 5.41) is 13.1. The van der Waals surface area contributed by atoms with Crippen molar-refractivity contribution in [1.82, 2.24) is 5.32 Å². The predicted octanol–water partition coefficient (Wildman–Crippen LogP) is 1.54. The minimum absolute atomic E-state index is 0.127. The molecule has 0 aromatic heterocycles. The summed E-state index contributed by atoms with van der Waals surface area (Å²) in [7, 11) is 0. The quantitative estimate of drug-likeness (QED) is 0.675. The Morgan fingerprint density at radius 1 is 1.58 bits per heavy atom. The average molecular weight is 171 g/mol. The molecule has 0 aromatic carbocycles. The van der Waals surface area contributed by atoms with Crippen LogP contribution in [0, 0.1) is 5.92 Å². The van der Waals surface area contributed by atoms with Crippen LogP contribution in [0.4, 0.5) is 0 Å². The summed E-state index contributed by atoms with van der Waals surface area (Å²) in [6.07, 6.45) is 4.28. The highest BCUT2D eigenvalue weighted by Gasteiger charge is 2.23. The molecule has 0 saturated carbocycles. The zero-order valence-corrected chi connectivity index (χ0v) is 8.21. The third-order valence-electron chi connectivity index (χ3n) is 2.75. The summed E-state index contributed by atoms with van der Waals surface area (Å²) in [5.41, 5.74) is 0. The molecule has 0 unspecified atom stereocenters. The van der Waals surface area contributed by atoms with Crippen molar-refractivity contribution >= 4 is 0 Å². The molecule has 2 N–H and O–H groups in total. The lowest BCUT2D eigenvalue weighted by molar-refractivity contribution is 0.0928. The smallest absolute Gasteiger partial charge is 0.0693 e. The van der Waals surface area contributed by atoms with Crippen LogP contribution in [0.5, 0.6) is 0 Å². The van der Waals surface area contributed by atoms with Crippen molar-refractivity contribution in [2.45, 2.75) is 51.7 Å². The van der Waals surface area contributed by atoms with E-state index >= 15 is 0 Å². The molecular weight excluding hydrogens is 150 g/mol. The van der Waals surface area contributed by atoms with E-state index < -0.39 is 0 Å². The van der Waals surface area contributed by atoms with Crippen molar-refractivity contribution in [1.29, 1.82) is 0 Å². The fourth-order valence-electron chi connectivity index (χ4n) is 1.94. The lowest BCUT2D eigenvalue weighted by Gasteiger charge is -2.31. The van der Waals surface area contributed by atoms with Crippen LogP contribution in [0.1, 0.15) is 39.5 Å². The Hall–Kier alpha value is -0.0800. The highest BCUT2D eigenvalue weighted by atomic mass is 16.3. The first-order valence-corrected chi connectivity index (χ1v) is 5.15. The summed E-state index contributed by atoms with van der Waals surface area (Å²) in [5.74, 6) is 0.780. The topological polar surface area (TPSA) is 32.3 Å². The first kappa shape index (κ1) is 10.0. The van der Waals surface area contributed by atoms with Crippen LogP contribution in [0.15, 0.2) is 0 Å². The normalized spacial score (nSPS) is 33.2. The molecule has 0 amide bonds. The molecular formula is C10H21NO. The van der Waals surface area contributed by atoms with E-state index in [4.69, 9.17) is 0 Å². The van der Waals surface area contributed by atoms with Gasteiger partial charge in [-0.3, -0.25) is 0 Å². The van der Waals surface area contributed by atoms with Gasteiger partial charge in [0.05, 0.1) is 6.10 Å². The molecule has 1 aliphatic rings.